The number of hydrogen-bond donors (Lipinski definition) is 3. The molecule has 0 saturated carbocycles. The smallest absolute Gasteiger partial charge is 0.408 e. The van der Waals surface area contributed by atoms with E-state index in [1.54, 1.807) is 40.0 Å². The molecule has 3 atom stereocenters. The van der Waals surface area contributed by atoms with Crippen LogP contribution in [-0.4, -0.2) is 59.3 Å². The normalized spacial score (nSPS) is 23.5. The molecule has 1 fully saturated rings. The van der Waals surface area contributed by atoms with Gasteiger partial charge in [-0.25, -0.2) is 4.79 Å². The van der Waals surface area contributed by atoms with Gasteiger partial charge in [-0.2, -0.15) is 0 Å². The van der Waals surface area contributed by atoms with Crippen LogP contribution < -0.4 is 10.1 Å². The van der Waals surface area contributed by atoms with Crippen LogP contribution in [0.25, 0.3) is 0 Å². The van der Waals surface area contributed by atoms with Crippen molar-refractivity contribution in [2.45, 2.75) is 78.4 Å². The highest BCUT2D eigenvalue weighted by Gasteiger charge is 2.50. The lowest BCUT2D eigenvalue weighted by molar-refractivity contribution is -0.161. The van der Waals surface area contributed by atoms with Gasteiger partial charge in [0.05, 0.1) is 23.8 Å². The second-order valence-electron chi connectivity index (χ2n) is 10.6. The molecule has 8 heteroatoms. The summed E-state index contributed by atoms with van der Waals surface area (Å²) in [5.41, 5.74) is -1.63. The molecular formula is C24H39ClN2O5. The summed E-state index contributed by atoms with van der Waals surface area (Å²) in [5, 5.41) is 26.2. The number of methoxy groups -OCH3 is 1. The number of nitrogens with zero attached hydrogens (tertiary/aromatic N) is 1. The molecule has 0 bridgehead atoms. The molecule has 1 saturated heterocycles. The average molecular weight is 471 g/mol. The van der Waals surface area contributed by atoms with Crippen LogP contribution in [0.4, 0.5) is 4.79 Å². The van der Waals surface area contributed by atoms with Gasteiger partial charge in [-0.1, -0.05) is 45.4 Å². The summed E-state index contributed by atoms with van der Waals surface area (Å²) in [5.74, 6) is 0.485. The molecule has 32 heavy (non-hydrogen) atoms. The molecule has 1 aliphatic heterocycles. The Morgan fingerprint density at radius 1 is 1.28 bits per heavy atom. The number of halogens is 1. The first-order valence-electron chi connectivity index (χ1n) is 11.1. The van der Waals surface area contributed by atoms with Crippen LogP contribution in [0, 0.1) is 11.3 Å². The first-order chi connectivity index (χ1) is 14.6. The topological polar surface area (TPSA) is 91.3 Å². The maximum atomic E-state index is 12.3. The lowest BCUT2D eigenvalue weighted by atomic mass is 9.66. The second-order valence-corrected chi connectivity index (χ2v) is 11.1. The van der Waals surface area contributed by atoms with E-state index in [1.165, 1.54) is 0 Å². The van der Waals surface area contributed by atoms with Gasteiger partial charge in [-0.3, -0.25) is 4.90 Å². The highest BCUT2D eigenvalue weighted by Crippen LogP contribution is 2.47. The molecule has 182 valence electrons. The molecule has 1 amide bonds. The van der Waals surface area contributed by atoms with Crippen molar-refractivity contribution in [3.8, 4) is 5.75 Å². The highest BCUT2D eigenvalue weighted by molar-refractivity contribution is 6.32. The van der Waals surface area contributed by atoms with Gasteiger partial charge in [-0.05, 0) is 50.8 Å². The lowest BCUT2D eigenvalue weighted by Crippen LogP contribution is -2.62. The fourth-order valence-electron chi connectivity index (χ4n) is 4.30. The summed E-state index contributed by atoms with van der Waals surface area (Å²) < 4.78 is 10.7. The molecule has 1 aromatic rings. The van der Waals surface area contributed by atoms with Crippen molar-refractivity contribution >= 4 is 17.7 Å². The van der Waals surface area contributed by atoms with Gasteiger partial charge < -0.3 is 25.0 Å². The van der Waals surface area contributed by atoms with Gasteiger partial charge in [0.2, 0.25) is 0 Å². The van der Waals surface area contributed by atoms with Gasteiger partial charge in [0, 0.05) is 18.5 Å². The summed E-state index contributed by atoms with van der Waals surface area (Å²) in [6, 6.07) is 4.80. The Balaban J connectivity index is 2.21. The predicted molar refractivity (Wildman–Crippen MR) is 126 cm³/mol. The molecule has 2 unspecified atom stereocenters. The first kappa shape index (κ1) is 26.7. The Morgan fingerprint density at radius 3 is 2.41 bits per heavy atom. The van der Waals surface area contributed by atoms with Crippen LogP contribution in [0.5, 0.6) is 5.75 Å². The molecule has 1 aliphatic rings. The van der Waals surface area contributed by atoms with E-state index < -0.39 is 35.0 Å². The number of rotatable bonds is 6. The van der Waals surface area contributed by atoms with Gasteiger partial charge >= 0.3 is 6.09 Å². The maximum Gasteiger partial charge on any atom is 0.408 e. The van der Waals surface area contributed by atoms with Crippen LogP contribution in [0.1, 0.15) is 60.5 Å². The van der Waals surface area contributed by atoms with Gasteiger partial charge in [0.1, 0.15) is 17.6 Å². The molecule has 1 aromatic carbocycles. The van der Waals surface area contributed by atoms with Crippen molar-refractivity contribution in [3.63, 3.8) is 0 Å². The van der Waals surface area contributed by atoms with Crippen LogP contribution in [-0.2, 0) is 10.3 Å². The second kappa shape index (κ2) is 9.75. The Morgan fingerprint density at radius 2 is 1.91 bits per heavy atom. The number of hydrogen-bond acceptors (Lipinski definition) is 6. The number of benzene rings is 1. The van der Waals surface area contributed by atoms with E-state index in [1.807, 2.05) is 38.7 Å². The van der Waals surface area contributed by atoms with E-state index in [-0.39, 0.29) is 5.92 Å². The van der Waals surface area contributed by atoms with Gasteiger partial charge in [-0.15, -0.1) is 0 Å². The molecule has 0 aromatic heterocycles. The Hall–Kier alpha value is -1.54. The quantitative estimate of drug-likeness (QED) is 0.579. The number of nitrogens with one attached hydrogen (secondary N) is 1. The minimum Gasteiger partial charge on any atom is -0.495 e. The van der Waals surface area contributed by atoms with Crippen LogP contribution in [0.2, 0.25) is 5.02 Å². The van der Waals surface area contributed by atoms with Crippen molar-refractivity contribution in [3.05, 3.63) is 28.8 Å². The average Bonchev–Trinajstić information content (AvgIpc) is 2.66. The molecule has 3 N–H and O–H groups in total. The van der Waals surface area contributed by atoms with E-state index >= 15 is 0 Å². The van der Waals surface area contributed by atoms with E-state index in [2.05, 4.69) is 5.32 Å². The van der Waals surface area contributed by atoms with Crippen LogP contribution in [0.15, 0.2) is 18.2 Å². The number of aliphatic hydroxyl groups excluding tert-OH is 1. The predicted octanol–water partition coefficient (Wildman–Crippen LogP) is 4.14. The number of amides is 1. The monoisotopic (exact) mass is 470 g/mol. The Labute approximate surface area is 197 Å². The zero-order valence-corrected chi connectivity index (χ0v) is 21.3. The number of carbonyl (C=O) groups excluding carboxylic acids is 1. The SMILES string of the molecule is COc1cc(C2(O)CCN(C(O)[C@H](NC(=O)OC(C)(C)C)C(C)C)CC2(C)C)ccc1Cl. The zero-order valence-electron chi connectivity index (χ0n) is 20.5. The molecule has 0 radical (unpaired) electrons. The van der Waals surface area contributed by atoms with E-state index in [0.29, 0.717) is 30.3 Å². The first-order valence-corrected chi connectivity index (χ1v) is 11.5. The zero-order chi connectivity index (χ0) is 24.5. The maximum absolute atomic E-state index is 12.3. The summed E-state index contributed by atoms with van der Waals surface area (Å²) in [6.45, 7) is 14.1. The molecule has 1 heterocycles. The largest absolute Gasteiger partial charge is 0.495 e. The van der Waals surface area contributed by atoms with Gasteiger partial charge in [0.25, 0.3) is 0 Å². The summed E-state index contributed by atoms with van der Waals surface area (Å²) in [4.78, 5) is 14.2. The van der Waals surface area contributed by atoms with E-state index in [4.69, 9.17) is 21.1 Å². The number of likely N-dealkylation sites (tertiary alicyclic amines) is 1. The van der Waals surface area contributed by atoms with Crippen LogP contribution in [0.3, 0.4) is 0 Å². The fraction of sp³-hybridized carbons (Fsp3) is 0.708. The van der Waals surface area contributed by atoms with Crippen molar-refractivity contribution in [1.82, 2.24) is 10.2 Å². The van der Waals surface area contributed by atoms with Crippen LogP contribution >= 0.6 is 11.6 Å². The highest BCUT2D eigenvalue weighted by atomic mass is 35.5. The molecule has 0 spiro atoms. The fourth-order valence-corrected chi connectivity index (χ4v) is 4.49. The number of aliphatic hydroxyl groups is 2. The van der Waals surface area contributed by atoms with Crippen molar-refractivity contribution in [2.24, 2.45) is 11.3 Å². The van der Waals surface area contributed by atoms with Gasteiger partial charge in [0.15, 0.2) is 0 Å². The van der Waals surface area contributed by atoms with E-state index in [0.717, 1.165) is 5.56 Å². The number of carbonyl (C=O) groups is 1. The van der Waals surface area contributed by atoms with Crippen molar-refractivity contribution in [2.75, 3.05) is 20.2 Å². The third-order valence-electron chi connectivity index (χ3n) is 6.20. The third kappa shape index (κ3) is 5.87. The lowest BCUT2D eigenvalue weighted by Gasteiger charge is -2.52. The third-order valence-corrected chi connectivity index (χ3v) is 6.52. The minimum absolute atomic E-state index is 0.0260. The minimum atomic E-state index is -1.13. The number of alkyl carbamates (subject to hydrolysis) is 1. The standard InChI is InChI=1S/C24H39ClN2O5/c1-15(2)19(26-21(29)32-22(3,4)5)20(28)27-12-11-24(30,23(6,7)14-27)16-9-10-17(25)18(13-16)31-8/h9-10,13,15,19-20,28,30H,11-12,14H2,1-8H3,(H,26,29)/t19-,20?,24?/m1/s1. The molecular weight excluding hydrogens is 432 g/mol. The van der Waals surface area contributed by atoms with Crippen molar-refractivity contribution < 1.29 is 24.5 Å². The molecule has 7 nitrogen and oxygen atoms in total. The van der Waals surface area contributed by atoms with Crippen molar-refractivity contribution in [1.29, 1.82) is 0 Å². The summed E-state index contributed by atoms with van der Waals surface area (Å²) in [7, 11) is 1.54. The summed E-state index contributed by atoms with van der Waals surface area (Å²) in [6.07, 6.45) is -1.08. The Kier molecular flexibility index (Phi) is 8.14. The Bertz CT molecular complexity index is 808. The number of ether oxygens (including phenoxy) is 2. The summed E-state index contributed by atoms with van der Waals surface area (Å²) >= 11 is 6.17. The number of piperidine rings is 1. The van der Waals surface area contributed by atoms with E-state index in [9.17, 15) is 15.0 Å². The molecule has 2 rings (SSSR count). The molecule has 0 aliphatic carbocycles.